The van der Waals surface area contributed by atoms with Crippen LogP contribution in [0, 0.1) is 5.92 Å². The Hall–Kier alpha value is -0.950. The summed E-state index contributed by atoms with van der Waals surface area (Å²) in [6.45, 7) is 4.03. The molecule has 0 bridgehead atoms. The van der Waals surface area contributed by atoms with Crippen molar-refractivity contribution < 1.29 is 0 Å². The fourth-order valence-electron chi connectivity index (χ4n) is 0.240. The molecule has 0 amide bonds. The van der Waals surface area contributed by atoms with Crippen LogP contribution < -0.4 is 0 Å². The zero-order valence-electron chi connectivity index (χ0n) is 5.07. The van der Waals surface area contributed by atoms with Gasteiger partial charge in [-0.15, -0.1) is 0 Å². The molecule has 8 heavy (non-hydrogen) atoms. The number of azide groups is 1. The van der Waals surface area contributed by atoms with Gasteiger partial charge in [0.05, 0.1) is 0 Å². The van der Waals surface area contributed by atoms with Gasteiger partial charge in [-0.1, -0.05) is 25.0 Å². The number of rotatable bonds is 2. The van der Waals surface area contributed by atoms with Gasteiger partial charge in [0.15, 0.2) is 0 Å². The van der Waals surface area contributed by atoms with E-state index in [2.05, 4.69) is 10.0 Å². The van der Waals surface area contributed by atoms with E-state index in [-0.39, 0.29) is 0 Å². The van der Waals surface area contributed by atoms with Crippen LogP contribution in [0.1, 0.15) is 13.8 Å². The molecule has 0 atom stereocenters. The van der Waals surface area contributed by atoms with E-state index in [0.29, 0.717) is 5.92 Å². The highest BCUT2D eigenvalue weighted by atomic mass is 15.1. The van der Waals surface area contributed by atoms with Gasteiger partial charge < -0.3 is 0 Å². The minimum Gasteiger partial charge on any atom is -0.0797 e. The Morgan fingerprint density at radius 1 is 1.62 bits per heavy atom. The smallest absolute Gasteiger partial charge is 0.00474 e. The maximum atomic E-state index is 7.79. The van der Waals surface area contributed by atoms with Crippen molar-refractivity contribution in [2.24, 2.45) is 11.0 Å². The summed E-state index contributed by atoms with van der Waals surface area (Å²) in [5.41, 5.74) is 7.79. The molecule has 0 aliphatic heterocycles. The molecule has 0 aromatic rings. The number of nitrogens with zero attached hydrogens (tertiary/aromatic N) is 3. The molecular formula is C5H9N3. The minimum atomic E-state index is 0.459. The largest absolute Gasteiger partial charge is 0.0797 e. The first-order chi connectivity index (χ1) is 3.77. The molecule has 0 aliphatic rings. The zero-order valence-corrected chi connectivity index (χ0v) is 5.07. The fraction of sp³-hybridized carbons (Fsp3) is 0.600. The van der Waals surface area contributed by atoms with Gasteiger partial charge in [0, 0.05) is 4.91 Å². The summed E-state index contributed by atoms with van der Waals surface area (Å²) in [4.78, 5) is 2.55. The molecule has 3 heteroatoms. The van der Waals surface area contributed by atoms with Gasteiger partial charge >= 0.3 is 0 Å². The van der Waals surface area contributed by atoms with Crippen molar-refractivity contribution in [1.29, 1.82) is 0 Å². The molecule has 0 aliphatic carbocycles. The second-order valence-corrected chi connectivity index (χ2v) is 1.79. The van der Waals surface area contributed by atoms with E-state index in [1.54, 1.807) is 0 Å². The van der Waals surface area contributed by atoms with Crippen LogP contribution in [0.2, 0.25) is 0 Å². The highest BCUT2D eigenvalue weighted by molar-refractivity contribution is 4.82. The van der Waals surface area contributed by atoms with Crippen molar-refractivity contribution >= 4 is 0 Å². The Balaban J connectivity index is 3.49. The summed E-state index contributed by atoms with van der Waals surface area (Å²) in [7, 11) is 0. The van der Waals surface area contributed by atoms with Crippen molar-refractivity contribution in [3.63, 3.8) is 0 Å². The van der Waals surface area contributed by atoms with Gasteiger partial charge in [-0.05, 0) is 17.6 Å². The molecule has 0 N–H and O–H groups in total. The third kappa shape index (κ3) is 5.05. The first-order valence-corrected chi connectivity index (χ1v) is 2.48. The normalized spacial score (nSPS) is 9.88. The lowest BCUT2D eigenvalue weighted by molar-refractivity contribution is 0.829. The average molecular weight is 111 g/mol. The quantitative estimate of drug-likeness (QED) is 0.298. The van der Waals surface area contributed by atoms with Crippen molar-refractivity contribution in [3.8, 4) is 0 Å². The van der Waals surface area contributed by atoms with E-state index >= 15 is 0 Å². The van der Waals surface area contributed by atoms with Crippen molar-refractivity contribution in [2.45, 2.75) is 13.8 Å². The molecule has 0 aromatic carbocycles. The Kier molecular flexibility index (Phi) is 3.71. The Morgan fingerprint density at radius 2 is 2.25 bits per heavy atom. The van der Waals surface area contributed by atoms with Crippen LogP contribution in [0.4, 0.5) is 0 Å². The standard InChI is InChI=1S/C5H9N3/c1-5(2)3-4-7-8-6/h3-5H,1-2H3/b4-3+. The van der Waals surface area contributed by atoms with Crippen LogP contribution >= 0.6 is 0 Å². The van der Waals surface area contributed by atoms with Crippen LogP contribution in [-0.4, -0.2) is 0 Å². The van der Waals surface area contributed by atoms with E-state index in [9.17, 15) is 0 Å². The Bertz CT molecular complexity index is 120. The molecule has 0 saturated carbocycles. The number of allylic oxidation sites excluding steroid dienone is 1. The summed E-state index contributed by atoms with van der Waals surface area (Å²) in [5.74, 6) is 0.459. The highest BCUT2D eigenvalue weighted by Gasteiger charge is 1.78. The van der Waals surface area contributed by atoms with Gasteiger partial charge in [-0.2, -0.15) is 0 Å². The third-order valence-electron chi connectivity index (χ3n) is 0.589. The molecule has 0 radical (unpaired) electrons. The molecule has 0 spiro atoms. The lowest BCUT2D eigenvalue weighted by atomic mass is 10.2. The molecular weight excluding hydrogens is 102 g/mol. The molecule has 0 unspecified atom stereocenters. The second kappa shape index (κ2) is 4.22. The second-order valence-electron chi connectivity index (χ2n) is 1.79. The van der Waals surface area contributed by atoms with Crippen molar-refractivity contribution in [3.05, 3.63) is 22.7 Å². The maximum absolute atomic E-state index is 7.79. The lowest BCUT2D eigenvalue weighted by Gasteiger charge is -1.87. The molecule has 0 aromatic heterocycles. The summed E-state index contributed by atoms with van der Waals surface area (Å²) in [6, 6.07) is 0. The fourth-order valence-corrected chi connectivity index (χ4v) is 0.240. The van der Waals surface area contributed by atoms with E-state index in [1.807, 2.05) is 19.9 Å². The zero-order chi connectivity index (χ0) is 6.41. The summed E-state index contributed by atoms with van der Waals surface area (Å²) in [6.07, 6.45) is 3.30. The monoisotopic (exact) mass is 111 g/mol. The van der Waals surface area contributed by atoms with Gasteiger partial charge in [-0.25, -0.2) is 0 Å². The Labute approximate surface area is 48.6 Å². The van der Waals surface area contributed by atoms with Crippen molar-refractivity contribution in [1.82, 2.24) is 0 Å². The average Bonchev–Trinajstić information content (AvgIpc) is 1.66. The maximum Gasteiger partial charge on any atom is 0.00474 e. The molecule has 0 heterocycles. The predicted molar refractivity (Wildman–Crippen MR) is 33.1 cm³/mol. The van der Waals surface area contributed by atoms with Gasteiger partial charge in [-0.3, -0.25) is 0 Å². The predicted octanol–water partition coefficient (Wildman–Crippen LogP) is 2.47. The lowest BCUT2D eigenvalue weighted by Crippen LogP contribution is -1.73. The summed E-state index contributed by atoms with van der Waals surface area (Å²) >= 11 is 0. The van der Waals surface area contributed by atoms with Crippen LogP contribution in [0.5, 0.6) is 0 Å². The van der Waals surface area contributed by atoms with E-state index in [0.717, 1.165) is 0 Å². The SMILES string of the molecule is CC(C)/C=C/N=[N+]=[N-]. The van der Waals surface area contributed by atoms with E-state index in [1.165, 1.54) is 6.20 Å². The highest BCUT2D eigenvalue weighted by Crippen LogP contribution is 1.92. The van der Waals surface area contributed by atoms with Gasteiger partial charge in [0.1, 0.15) is 0 Å². The summed E-state index contributed by atoms with van der Waals surface area (Å²) < 4.78 is 0. The van der Waals surface area contributed by atoms with Gasteiger partial charge in [0.25, 0.3) is 0 Å². The van der Waals surface area contributed by atoms with Crippen LogP contribution in [-0.2, 0) is 0 Å². The molecule has 44 valence electrons. The molecule has 0 rings (SSSR count). The van der Waals surface area contributed by atoms with E-state index in [4.69, 9.17) is 5.53 Å². The molecule has 0 fully saturated rings. The molecule has 0 saturated heterocycles. The minimum absolute atomic E-state index is 0.459. The third-order valence-corrected chi connectivity index (χ3v) is 0.589. The molecule has 3 nitrogen and oxygen atoms in total. The van der Waals surface area contributed by atoms with Crippen LogP contribution in [0.15, 0.2) is 17.4 Å². The Morgan fingerprint density at radius 3 is 2.62 bits per heavy atom. The topological polar surface area (TPSA) is 48.8 Å². The van der Waals surface area contributed by atoms with Crippen LogP contribution in [0.3, 0.4) is 0 Å². The summed E-state index contributed by atoms with van der Waals surface area (Å²) in [5, 5.41) is 3.21. The van der Waals surface area contributed by atoms with Gasteiger partial charge in [0.2, 0.25) is 0 Å². The van der Waals surface area contributed by atoms with Crippen LogP contribution in [0.25, 0.3) is 10.4 Å². The first kappa shape index (κ1) is 7.05. The van der Waals surface area contributed by atoms with E-state index < -0.39 is 0 Å². The first-order valence-electron chi connectivity index (χ1n) is 2.48. The van der Waals surface area contributed by atoms with Crippen molar-refractivity contribution in [2.75, 3.05) is 0 Å². The number of hydrogen-bond donors (Lipinski definition) is 0. The number of hydrogen-bond acceptors (Lipinski definition) is 1.